The lowest BCUT2D eigenvalue weighted by atomic mass is 10.1. The van der Waals surface area contributed by atoms with Gasteiger partial charge in [0.2, 0.25) is 0 Å². The van der Waals surface area contributed by atoms with Gasteiger partial charge in [0.25, 0.3) is 0 Å². The van der Waals surface area contributed by atoms with Crippen LogP contribution in [-0.4, -0.2) is 19.4 Å². The van der Waals surface area contributed by atoms with E-state index in [1.54, 1.807) is 7.11 Å². The van der Waals surface area contributed by atoms with Gasteiger partial charge in [0.15, 0.2) is 0 Å². The number of thiol groups is 1. The Kier molecular flexibility index (Phi) is 4.29. The molecule has 0 radical (unpaired) electrons. The Labute approximate surface area is 107 Å². The van der Waals surface area contributed by atoms with E-state index in [9.17, 15) is 0 Å². The zero-order valence-electron chi connectivity index (χ0n) is 9.94. The molecule has 17 heavy (non-hydrogen) atoms. The molecular formula is C14H17NOS. The molecule has 2 rings (SSSR count). The van der Waals surface area contributed by atoms with E-state index >= 15 is 0 Å². The van der Waals surface area contributed by atoms with Crippen LogP contribution in [0.15, 0.2) is 36.4 Å². The number of methoxy groups -OCH3 is 1. The molecule has 90 valence electrons. The van der Waals surface area contributed by atoms with Gasteiger partial charge in [-0.1, -0.05) is 18.2 Å². The minimum atomic E-state index is 0.866. The summed E-state index contributed by atoms with van der Waals surface area (Å²) in [4.78, 5) is 0. The van der Waals surface area contributed by atoms with Crippen LogP contribution >= 0.6 is 12.6 Å². The van der Waals surface area contributed by atoms with Crippen LogP contribution in [0.3, 0.4) is 0 Å². The molecule has 1 N–H and O–H groups in total. The van der Waals surface area contributed by atoms with Crippen LogP contribution in [0.5, 0.6) is 5.75 Å². The number of fused-ring (bicyclic) bond motifs is 1. The average molecular weight is 247 g/mol. The number of rotatable bonds is 5. The monoisotopic (exact) mass is 247 g/mol. The van der Waals surface area contributed by atoms with Gasteiger partial charge in [-0.3, -0.25) is 0 Å². The highest BCUT2D eigenvalue weighted by Crippen LogP contribution is 2.21. The summed E-state index contributed by atoms with van der Waals surface area (Å²) in [6.45, 7) is 1.83. The van der Waals surface area contributed by atoms with Crippen LogP contribution in [0, 0.1) is 0 Å². The van der Waals surface area contributed by atoms with Gasteiger partial charge in [0, 0.05) is 18.8 Å². The van der Waals surface area contributed by atoms with Gasteiger partial charge in [-0.05, 0) is 34.5 Å². The lowest BCUT2D eigenvalue weighted by Gasteiger charge is -2.06. The van der Waals surface area contributed by atoms with E-state index in [-0.39, 0.29) is 0 Å². The van der Waals surface area contributed by atoms with Crippen molar-refractivity contribution in [3.05, 3.63) is 42.0 Å². The Balaban J connectivity index is 2.19. The topological polar surface area (TPSA) is 21.3 Å². The van der Waals surface area contributed by atoms with Crippen molar-refractivity contribution in [2.45, 2.75) is 6.54 Å². The second-order valence-corrected chi connectivity index (χ2v) is 4.40. The fourth-order valence-electron chi connectivity index (χ4n) is 1.82. The molecule has 0 spiro atoms. The molecule has 0 fully saturated rings. The van der Waals surface area contributed by atoms with Crippen molar-refractivity contribution in [2.75, 3.05) is 19.4 Å². The first-order valence-electron chi connectivity index (χ1n) is 5.72. The van der Waals surface area contributed by atoms with Crippen molar-refractivity contribution in [3.63, 3.8) is 0 Å². The minimum absolute atomic E-state index is 0.866. The maximum atomic E-state index is 5.21. The van der Waals surface area contributed by atoms with E-state index < -0.39 is 0 Å². The summed E-state index contributed by atoms with van der Waals surface area (Å²) in [5.74, 6) is 1.77. The number of ether oxygens (including phenoxy) is 1. The van der Waals surface area contributed by atoms with E-state index in [4.69, 9.17) is 4.74 Å². The zero-order valence-corrected chi connectivity index (χ0v) is 10.8. The Bertz CT molecular complexity index is 499. The summed E-state index contributed by atoms with van der Waals surface area (Å²) in [5.41, 5.74) is 1.30. The summed E-state index contributed by atoms with van der Waals surface area (Å²) in [6.07, 6.45) is 0. The highest BCUT2D eigenvalue weighted by Gasteiger charge is 1.98. The Morgan fingerprint density at radius 2 is 1.88 bits per heavy atom. The van der Waals surface area contributed by atoms with Crippen LogP contribution in [0.25, 0.3) is 10.8 Å². The summed E-state index contributed by atoms with van der Waals surface area (Å²) in [7, 11) is 1.69. The van der Waals surface area contributed by atoms with Crippen molar-refractivity contribution in [3.8, 4) is 5.75 Å². The third-order valence-electron chi connectivity index (χ3n) is 2.73. The first-order valence-corrected chi connectivity index (χ1v) is 6.35. The predicted octanol–water partition coefficient (Wildman–Crippen LogP) is 2.87. The van der Waals surface area contributed by atoms with E-state index in [0.717, 1.165) is 24.6 Å². The van der Waals surface area contributed by atoms with Crippen molar-refractivity contribution in [1.82, 2.24) is 5.32 Å². The molecule has 0 unspecified atom stereocenters. The molecule has 2 aromatic carbocycles. The largest absolute Gasteiger partial charge is 0.497 e. The predicted molar refractivity (Wildman–Crippen MR) is 76.1 cm³/mol. The van der Waals surface area contributed by atoms with Gasteiger partial charge in [0.1, 0.15) is 5.75 Å². The minimum Gasteiger partial charge on any atom is -0.497 e. The van der Waals surface area contributed by atoms with Gasteiger partial charge < -0.3 is 10.1 Å². The standard InChI is InChI=1S/C14H17NOS/c1-16-14-5-4-12-8-11(10-15-6-7-17)2-3-13(12)9-14/h2-5,8-9,15,17H,6-7,10H2,1H3. The summed E-state index contributed by atoms with van der Waals surface area (Å²) >= 11 is 4.17. The molecule has 0 amide bonds. The first kappa shape index (κ1) is 12.3. The molecule has 0 saturated heterocycles. The van der Waals surface area contributed by atoms with E-state index in [0.29, 0.717) is 0 Å². The summed E-state index contributed by atoms with van der Waals surface area (Å²) in [5, 5.41) is 5.79. The lowest BCUT2D eigenvalue weighted by Crippen LogP contribution is -2.15. The van der Waals surface area contributed by atoms with Crippen molar-refractivity contribution >= 4 is 23.4 Å². The third-order valence-corrected chi connectivity index (χ3v) is 2.95. The van der Waals surface area contributed by atoms with Gasteiger partial charge in [0.05, 0.1) is 7.11 Å². The van der Waals surface area contributed by atoms with Crippen molar-refractivity contribution < 1.29 is 4.74 Å². The maximum absolute atomic E-state index is 5.21. The van der Waals surface area contributed by atoms with Crippen LogP contribution in [-0.2, 0) is 6.54 Å². The van der Waals surface area contributed by atoms with Crippen LogP contribution in [0.2, 0.25) is 0 Å². The second kappa shape index (κ2) is 5.94. The molecule has 2 aromatic rings. The average Bonchev–Trinajstić information content (AvgIpc) is 2.38. The Hall–Kier alpha value is -1.19. The summed E-state index contributed by atoms with van der Waals surface area (Å²) < 4.78 is 5.21. The highest BCUT2D eigenvalue weighted by atomic mass is 32.1. The molecule has 0 bridgehead atoms. The molecule has 0 aliphatic carbocycles. The second-order valence-electron chi connectivity index (χ2n) is 3.95. The van der Waals surface area contributed by atoms with Crippen LogP contribution < -0.4 is 10.1 Å². The number of hydrogen-bond donors (Lipinski definition) is 2. The molecule has 0 aromatic heterocycles. The van der Waals surface area contributed by atoms with E-state index in [2.05, 4.69) is 48.3 Å². The number of nitrogens with one attached hydrogen (secondary N) is 1. The third kappa shape index (κ3) is 3.14. The molecular weight excluding hydrogens is 230 g/mol. The number of hydrogen-bond acceptors (Lipinski definition) is 3. The van der Waals surface area contributed by atoms with Crippen LogP contribution in [0.1, 0.15) is 5.56 Å². The van der Waals surface area contributed by atoms with Crippen molar-refractivity contribution in [1.29, 1.82) is 0 Å². The smallest absolute Gasteiger partial charge is 0.119 e. The van der Waals surface area contributed by atoms with Gasteiger partial charge >= 0.3 is 0 Å². The molecule has 3 heteroatoms. The first-order chi connectivity index (χ1) is 8.33. The molecule has 0 atom stereocenters. The van der Waals surface area contributed by atoms with Crippen molar-refractivity contribution in [2.24, 2.45) is 0 Å². The van der Waals surface area contributed by atoms with Gasteiger partial charge in [-0.2, -0.15) is 12.6 Å². The van der Waals surface area contributed by atoms with Gasteiger partial charge in [-0.25, -0.2) is 0 Å². The quantitative estimate of drug-likeness (QED) is 0.626. The summed E-state index contributed by atoms with van der Waals surface area (Å²) in [6, 6.07) is 12.6. The normalized spacial score (nSPS) is 10.7. The van der Waals surface area contributed by atoms with Gasteiger partial charge in [-0.15, -0.1) is 0 Å². The lowest BCUT2D eigenvalue weighted by molar-refractivity contribution is 0.415. The maximum Gasteiger partial charge on any atom is 0.119 e. The highest BCUT2D eigenvalue weighted by molar-refractivity contribution is 7.80. The SMILES string of the molecule is COc1ccc2cc(CNCCS)ccc2c1. The molecule has 0 aliphatic heterocycles. The fourth-order valence-corrected chi connectivity index (χ4v) is 1.98. The Morgan fingerprint density at radius 1 is 1.12 bits per heavy atom. The molecule has 0 heterocycles. The Morgan fingerprint density at radius 3 is 2.65 bits per heavy atom. The fraction of sp³-hybridized carbons (Fsp3) is 0.286. The number of benzene rings is 2. The molecule has 0 aliphatic rings. The molecule has 0 saturated carbocycles. The van der Waals surface area contributed by atoms with E-state index in [1.165, 1.54) is 16.3 Å². The zero-order chi connectivity index (χ0) is 12.1. The van der Waals surface area contributed by atoms with Crippen LogP contribution in [0.4, 0.5) is 0 Å². The van der Waals surface area contributed by atoms with E-state index in [1.807, 2.05) is 6.07 Å². The molecule has 2 nitrogen and oxygen atoms in total.